The molecule has 182 valence electrons. The van der Waals surface area contributed by atoms with Gasteiger partial charge in [-0.3, -0.25) is 9.69 Å². The van der Waals surface area contributed by atoms with E-state index in [1.807, 2.05) is 50.2 Å². The number of nitrogens with zero attached hydrogens (tertiary/aromatic N) is 1. The summed E-state index contributed by atoms with van der Waals surface area (Å²) < 4.78 is 16.1. The second-order valence-electron chi connectivity index (χ2n) is 9.74. The van der Waals surface area contributed by atoms with Crippen LogP contribution in [0.3, 0.4) is 0 Å². The number of piperidine rings is 1. The Morgan fingerprint density at radius 1 is 1.03 bits per heavy atom. The molecule has 2 aromatic carbocycles. The van der Waals surface area contributed by atoms with E-state index in [4.69, 9.17) is 14.2 Å². The highest BCUT2D eigenvalue weighted by molar-refractivity contribution is 6.02. The second-order valence-corrected chi connectivity index (χ2v) is 9.74. The molecule has 34 heavy (non-hydrogen) atoms. The Morgan fingerprint density at radius 2 is 1.68 bits per heavy atom. The molecule has 0 spiro atoms. The Balaban J connectivity index is 1.27. The molecule has 1 atom stereocenters. The molecule has 1 heterocycles. The lowest BCUT2D eigenvalue weighted by molar-refractivity contribution is 0.0377. The summed E-state index contributed by atoms with van der Waals surface area (Å²) >= 11 is 0. The number of fused-ring (bicyclic) bond motifs is 1. The summed E-state index contributed by atoms with van der Waals surface area (Å²) in [7, 11) is 3.23. The molecule has 0 N–H and O–H groups in total. The second kappa shape index (κ2) is 10.6. The zero-order chi connectivity index (χ0) is 24.2. The van der Waals surface area contributed by atoms with Crippen LogP contribution in [-0.4, -0.2) is 50.1 Å². The molecule has 0 amide bonds. The molecule has 1 aliphatic carbocycles. The van der Waals surface area contributed by atoms with Crippen molar-refractivity contribution in [1.29, 1.82) is 0 Å². The summed E-state index contributed by atoms with van der Waals surface area (Å²) in [5.74, 6) is 1.90. The third kappa shape index (κ3) is 5.44. The van der Waals surface area contributed by atoms with Gasteiger partial charge >= 0.3 is 5.97 Å². The molecule has 6 nitrogen and oxygen atoms in total. The lowest BCUT2D eigenvalue weighted by atomic mass is 9.85. The zero-order valence-corrected chi connectivity index (χ0v) is 20.6. The summed E-state index contributed by atoms with van der Waals surface area (Å²) in [5.41, 5.74) is 3.66. The lowest BCUT2D eigenvalue weighted by Crippen LogP contribution is -2.34. The largest absolute Gasteiger partial charge is 0.493 e. The number of esters is 1. The lowest BCUT2D eigenvalue weighted by Gasteiger charge is -2.33. The number of hydrogen-bond acceptors (Lipinski definition) is 6. The van der Waals surface area contributed by atoms with Crippen molar-refractivity contribution in [3.05, 3.63) is 58.7 Å². The van der Waals surface area contributed by atoms with Gasteiger partial charge in [-0.25, -0.2) is 4.79 Å². The van der Waals surface area contributed by atoms with Gasteiger partial charge < -0.3 is 14.2 Å². The first-order chi connectivity index (χ1) is 16.4. The Hall–Kier alpha value is -2.86. The Morgan fingerprint density at radius 3 is 2.29 bits per heavy atom. The van der Waals surface area contributed by atoms with Crippen LogP contribution in [0.4, 0.5) is 0 Å². The van der Waals surface area contributed by atoms with Gasteiger partial charge in [0.1, 0.15) is 0 Å². The number of carbonyl (C=O) groups excluding carboxylic acids is 2. The average Bonchev–Trinajstić information content (AvgIpc) is 3.13. The van der Waals surface area contributed by atoms with Gasteiger partial charge in [-0.15, -0.1) is 0 Å². The van der Waals surface area contributed by atoms with E-state index < -0.39 is 0 Å². The fraction of sp³-hybridized carbons (Fsp3) is 0.500. The zero-order valence-electron chi connectivity index (χ0n) is 20.6. The smallest absolute Gasteiger partial charge is 0.338 e. The number of benzene rings is 2. The number of likely N-dealkylation sites (tertiary alicyclic amines) is 1. The van der Waals surface area contributed by atoms with Crippen molar-refractivity contribution in [2.45, 2.75) is 52.2 Å². The molecule has 4 rings (SSSR count). The van der Waals surface area contributed by atoms with E-state index in [-0.39, 0.29) is 23.8 Å². The number of methoxy groups -OCH3 is 2. The normalized spacial score (nSPS) is 18.7. The molecule has 2 aromatic rings. The van der Waals surface area contributed by atoms with Crippen LogP contribution in [0.2, 0.25) is 0 Å². The summed E-state index contributed by atoms with van der Waals surface area (Å²) in [6, 6.07) is 11.5. The van der Waals surface area contributed by atoms with E-state index >= 15 is 0 Å². The van der Waals surface area contributed by atoms with Gasteiger partial charge in [0, 0.05) is 18.0 Å². The number of Topliss-reactive ketones (excluding diaryl/α,β-unsaturated/α-hetero) is 1. The Labute approximate surface area is 202 Å². The molecule has 0 saturated carbocycles. The van der Waals surface area contributed by atoms with E-state index in [2.05, 4.69) is 4.90 Å². The van der Waals surface area contributed by atoms with Gasteiger partial charge in [0.15, 0.2) is 17.3 Å². The minimum Gasteiger partial charge on any atom is -0.493 e. The van der Waals surface area contributed by atoms with E-state index in [9.17, 15) is 9.59 Å². The van der Waals surface area contributed by atoms with Crippen molar-refractivity contribution < 1.29 is 23.8 Å². The van der Waals surface area contributed by atoms with Crippen LogP contribution in [0.15, 0.2) is 36.4 Å². The first kappa shape index (κ1) is 24.3. The molecule has 0 bridgehead atoms. The quantitative estimate of drug-likeness (QED) is 0.515. The Bertz CT molecular complexity index is 1020. The minimum atomic E-state index is -0.275. The summed E-state index contributed by atoms with van der Waals surface area (Å²) in [6.07, 6.45) is 3.82. The van der Waals surface area contributed by atoms with E-state index in [0.29, 0.717) is 23.0 Å². The fourth-order valence-corrected chi connectivity index (χ4v) is 5.16. The van der Waals surface area contributed by atoms with Crippen LogP contribution in [0.5, 0.6) is 11.5 Å². The predicted octanol–water partition coefficient (Wildman–Crippen LogP) is 4.93. The number of rotatable bonds is 8. The first-order valence-electron chi connectivity index (χ1n) is 12.2. The van der Waals surface area contributed by atoms with Gasteiger partial charge in [-0.05, 0) is 93.9 Å². The van der Waals surface area contributed by atoms with Gasteiger partial charge in [0.2, 0.25) is 0 Å². The summed E-state index contributed by atoms with van der Waals surface area (Å²) in [4.78, 5) is 27.5. The molecule has 1 aliphatic heterocycles. The SMILES string of the molecule is COc1cc2c(cc1OC)C(=O)C(CC1CCN(Cc3ccc(C(=O)OC(C)C)cc3)CC1)C2. The van der Waals surface area contributed by atoms with Crippen molar-refractivity contribution in [2.24, 2.45) is 11.8 Å². The third-order valence-corrected chi connectivity index (χ3v) is 6.98. The first-order valence-corrected chi connectivity index (χ1v) is 12.2. The standard InChI is InChI=1S/C28H35NO5/c1-18(2)34-28(31)21-7-5-20(6-8-21)17-29-11-9-19(10-12-29)13-23-14-22-15-25(32-3)26(33-4)16-24(22)27(23)30/h5-8,15-16,18-19,23H,9-14,17H2,1-4H3. The summed E-state index contributed by atoms with van der Waals surface area (Å²) in [5, 5.41) is 0. The molecule has 6 heteroatoms. The minimum absolute atomic E-state index is 0.0569. The van der Waals surface area contributed by atoms with Gasteiger partial charge in [-0.1, -0.05) is 12.1 Å². The molecular formula is C28H35NO5. The maximum atomic E-state index is 13.0. The molecule has 1 fully saturated rings. The molecule has 1 saturated heterocycles. The highest BCUT2D eigenvalue weighted by Crippen LogP contribution is 2.39. The van der Waals surface area contributed by atoms with Crippen LogP contribution in [-0.2, 0) is 17.7 Å². The van der Waals surface area contributed by atoms with E-state index in [1.54, 1.807) is 14.2 Å². The highest BCUT2D eigenvalue weighted by Gasteiger charge is 2.34. The number of carbonyl (C=O) groups is 2. The van der Waals surface area contributed by atoms with Crippen molar-refractivity contribution in [3.63, 3.8) is 0 Å². The van der Waals surface area contributed by atoms with Crippen LogP contribution >= 0.6 is 0 Å². The molecule has 0 aromatic heterocycles. The van der Waals surface area contributed by atoms with Gasteiger partial charge in [0.25, 0.3) is 0 Å². The van der Waals surface area contributed by atoms with Gasteiger partial charge in [0.05, 0.1) is 25.9 Å². The molecule has 1 unspecified atom stereocenters. The predicted molar refractivity (Wildman–Crippen MR) is 131 cm³/mol. The van der Waals surface area contributed by atoms with Gasteiger partial charge in [-0.2, -0.15) is 0 Å². The maximum Gasteiger partial charge on any atom is 0.338 e. The molecule has 0 radical (unpaired) electrons. The number of hydrogen-bond donors (Lipinski definition) is 0. The fourth-order valence-electron chi connectivity index (χ4n) is 5.16. The number of ketones is 1. The van der Waals surface area contributed by atoms with Crippen molar-refractivity contribution in [2.75, 3.05) is 27.3 Å². The van der Waals surface area contributed by atoms with Crippen molar-refractivity contribution >= 4 is 11.8 Å². The van der Waals surface area contributed by atoms with Crippen molar-refractivity contribution in [3.8, 4) is 11.5 Å². The van der Waals surface area contributed by atoms with Crippen molar-refractivity contribution in [1.82, 2.24) is 4.90 Å². The third-order valence-electron chi connectivity index (χ3n) is 6.98. The van der Waals surface area contributed by atoms with E-state index in [1.165, 1.54) is 5.56 Å². The van der Waals surface area contributed by atoms with Crippen LogP contribution in [0, 0.1) is 11.8 Å². The topological polar surface area (TPSA) is 65.1 Å². The summed E-state index contributed by atoms with van der Waals surface area (Å²) in [6.45, 7) is 6.63. The molecule has 2 aliphatic rings. The molecular weight excluding hydrogens is 430 g/mol. The van der Waals surface area contributed by atoms with Crippen LogP contribution in [0.25, 0.3) is 0 Å². The van der Waals surface area contributed by atoms with E-state index in [0.717, 1.165) is 56.4 Å². The monoisotopic (exact) mass is 465 g/mol. The highest BCUT2D eigenvalue weighted by atomic mass is 16.5. The Kier molecular flexibility index (Phi) is 7.57. The van der Waals surface area contributed by atoms with Crippen LogP contribution in [0.1, 0.15) is 65.0 Å². The number of ether oxygens (including phenoxy) is 3. The maximum absolute atomic E-state index is 13.0. The van der Waals surface area contributed by atoms with Crippen LogP contribution < -0.4 is 9.47 Å². The average molecular weight is 466 g/mol.